The molecule has 0 aromatic heterocycles. The second-order valence-corrected chi connectivity index (χ2v) is 2.14. The van der Waals surface area contributed by atoms with Gasteiger partial charge >= 0.3 is 0 Å². The van der Waals surface area contributed by atoms with E-state index in [4.69, 9.17) is 9.47 Å². The van der Waals surface area contributed by atoms with Crippen molar-refractivity contribution in [3.63, 3.8) is 0 Å². The molecule has 0 aliphatic carbocycles. The molecule has 2 nitrogen and oxygen atoms in total. The Kier molecular flexibility index (Phi) is 2.78. The number of hydrogen-bond acceptors (Lipinski definition) is 2. The van der Waals surface area contributed by atoms with Crippen molar-refractivity contribution in [2.75, 3.05) is 6.79 Å². The van der Waals surface area contributed by atoms with Gasteiger partial charge in [-0.05, 0) is 26.0 Å². The smallest absolute Gasteiger partial charge is 0.231 e. The van der Waals surface area contributed by atoms with E-state index in [9.17, 15) is 0 Å². The predicted molar refractivity (Wildman–Crippen MR) is 43.7 cm³/mol. The van der Waals surface area contributed by atoms with E-state index in [0.717, 1.165) is 11.5 Å². The Morgan fingerprint density at radius 1 is 1.00 bits per heavy atom. The zero-order valence-electron chi connectivity index (χ0n) is 6.83. The Labute approximate surface area is 66.8 Å². The van der Waals surface area contributed by atoms with E-state index >= 15 is 0 Å². The number of ether oxygens (including phenoxy) is 2. The van der Waals surface area contributed by atoms with Gasteiger partial charge in [0.15, 0.2) is 11.5 Å². The van der Waals surface area contributed by atoms with E-state index in [1.807, 2.05) is 38.2 Å². The first kappa shape index (κ1) is 7.92. The highest BCUT2D eigenvalue weighted by Crippen LogP contribution is 2.18. The molecule has 0 atom stereocenters. The Bertz CT molecular complexity index is 190. The van der Waals surface area contributed by atoms with Gasteiger partial charge in [-0.15, -0.1) is 0 Å². The highest BCUT2D eigenvalue weighted by Gasteiger charge is 2.10. The maximum Gasteiger partial charge on any atom is 0.231 e. The van der Waals surface area contributed by atoms with E-state index in [1.165, 1.54) is 0 Å². The highest BCUT2D eigenvalue weighted by molar-refractivity contribution is 5.25. The summed E-state index contributed by atoms with van der Waals surface area (Å²) in [5.41, 5.74) is 0. The summed E-state index contributed by atoms with van der Waals surface area (Å²) in [6.07, 6.45) is 7.63. The molecule has 1 aliphatic rings. The molecular formula is C9H12O2. The van der Waals surface area contributed by atoms with Gasteiger partial charge in [0.05, 0.1) is 0 Å². The van der Waals surface area contributed by atoms with E-state index in [2.05, 4.69) is 0 Å². The molecule has 0 radical (unpaired) electrons. The van der Waals surface area contributed by atoms with Gasteiger partial charge in [0.2, 0.25) is 6.79 Å². The number of rotatable bonds is 2. The third-order valence-corrected chi connectivity index (χ3v) is 1.31. The van der Waals surface area contributed by atoms with Crippen LogP contribution in [0.1, 0.15) is 13.8 Å². The lowest BCUT2D eigenvalue weighted by molar-refractivity contribution is 0.0778. The minimum absolute atomic E-state index is 0.333. The van der Waals surface area contributed by atoms with Crippen molar-refractivity contribution in [1.29, 1.82) is 0 Å². The van der Waals surface area contributed by atoms with E-state index in [1.54, 1.807) is 0 Å². The van der Waals surface area contributed by atoms with Crippen LogP contribution < -0.4 is 0 Å². The first-order valence-electron chi connectivity index (χ1n) is 3.63. The van der Waals surface area contributed by atoms with Crippen molar-refractivity contribution < 1.29 is 9.47 Å². The topological polar surface area (TPSA) is 18.5 Å². The van der Waals surface area contributed by atoms with Crippen LogP contribution in [0, 0.1) is 0 Å². The van der Waals surface area contributed by atoms with Crippen LogP contribution in [0.4, 0.5) is 0 Å². The summed E-state index contributed by atoms with van der Waals surface area (Å²) < 4.78 is 10.4. The lowest BCUT2D eigenvalue weighted by Gasteiger charge is -1.90. The molecule has 1 aliphatic heterocycles. The fourth-order valence-electron chi connectivity index (χ4n) is 0.862. The summed E-state index contributed by atoms with van der Waals surface area (Å²) in [4.78, 5) is 0. The summed E-state index contributed by atoms with van der Waals surface area (Å²) in [6, 6.07) is 0. The van der Waals surface area contributed by atoms with Crippen LogP contribution in [0.25, 0.3) is 0 Å². The quantitative estimate of drug-likeness (QED) is 0.604. The maximum absolute atomic E-state index is 5.18. The lowest BCUT2D eigenvalue weighted by atomic mass is 10.3. The van der Waals surface area contributed by atoms with Crippen molar-refractivity contribution in [1.82, 2.24) is 0 Å². The molecule has 2 heteroatoms. The first-order valence-corrected chi connectivity index (χ1v) is 3.63. The van der Waals surface area contributed by atoms with Gasteiger partial charge in [-0.25, -0.2) is 0 Å². The van der Waals surface area contributed by atoms with Gasteiger partial charge in [0, 0.05) is 0 Å². The summed E-state index contributed by atoms with van der Waals surface area (Å²) in [5.74, 6) is 1.62. The Balaban J connectivity index is 2.77. The molecular weight excluding hydrogens is 140 g/mol. The fourth-order valence-corrected chi connectivity index (χ4v) is 0.862. The van der Waals surface area contributed by atoms with E-state index in [-0.39, 0.29) is 0 Å². The summed E-state index contributed by atoms with van der Waals surface area (Å²) in [6.45, 7) is 4.23. The molecule has 1 rings (SSSR count). The molecule has 60 valence electrons. The Morgan fingerprint density at radius 2 is 1.45 bits per heavy atom. The van der Waals surface area contributed by atoms with Gasteiger partial charge in [-0.2, -0.15) is 0 Å². The van der Waals surface area contributed by atoms with Gasteiger partial charge in [0.25, 0.3) is 0 Å². The normalized spacial score (nSPS) is 18.0. The molecule has 0 saturated carbocycles. The third kappa shape index (κ3) is 1.87. The maximum atomic E-state index is 5.18. The van der Waals surface area contributed by atoms with Crippen molar-refractivity contribution in [2.45, 2.75) is 13.8 Å². The number of allylic oxidation sites excluding steroid dienone is 4. The zero-order valence-corrected chi connectivity index (χ0v) is 6.83. The van der Waals surface area contributed by atoms with Crippen LogP contribution in [0.5, 0.6) is 0 Å². The molecule has 0 N–H and O–H groups in total. The molecule has 0 fully saturated rings. The molecule has 0 bridgehead atoms. The van der Waals surface area contributed by atoms with Gasteiger partial charge in [-0.1, -0.05) is 12.2 Å². The van der Waals surface area contributed by atoms with Crippen LogP contribution in [-0.2, 0) is 9.47 Å². The largest absolute Gasteiger partial charge is 0.454 e. The second-order valence-electron chi connectivity index (χ2n) is 2.14. The standard InChI is InChI=1S/C9H12O2/c1-3-5-8-9(6-4-2)11-7-10-8/h3-6H,7H2,1-2H3/b5-3-,6-4-. The van der Waals surface area contributed by atoms with Gasteiger partial charge in [-0.3, -0.25) is 0 Å². The van der Waals surface area contributed by atoms with Crippen LogP contribution in [0.15, 0.2) is 35.8 Å². The van der Waals surface area contributed by atoms with Crippen molar-refractivity contribution >= 4 is 0 Å². The average Bonchev–Trinajstić information content (AvgIpc) is 2.39. The SMILES string of the molecule is C/C=C\C1=C(/C=C\C)OCO1. The first-order chi connectivity index (χ1) is 5.38. The molecule has 0 saturated heterocycles. The molecule has 0 amide bonds. The fraction of sp³-hybridized carbons (Fsp3) is 0.333. The van der Waals surface area contributed by atoms with Crippen LogP contribution in [-0.4, -0.2) is 6.79 Å². The molecule has 0 aromatic rings. The third-order valence-electron chi connectivity index (χ3n) is 1.31. The number of hydrogen-bond donors (Lipinski definition) is 0. The average molecular weight is 152 g/mol. The van der Waals surface area contributed by atoms with Crippen LogP contribution in [0.2, 0.25) is 0 Å². The second kappa shape index (κ2) is 3.86. The minimum Gasteiger partial charge on any atom is -0.454 e. The summed E-state index contributed by atoms with van der Waals surface area (Å²) >= 11 is 0. The van der Waals surface area contributed by atoms with Crippen LogP contribution >= 0.6 is 0 Å². The van der Waals surface area contributed by atoms with Crippen LogP contribution in [0.3, 0.4) is 0 Å². The molecule has 0 spiro atoms. The molecule has 0 unspecified atom stereocenters. The van der Waals surface area contributed by atoms with Crippen molar-refractivity contribution in [3.05, 3.63) is 35.8 Å². The van der Waals surface area contributed by atoms with Crippen molar-refractivity contribution in [2.24, 2.45) is 0 Å². The van der Waals surface area contributed by atoms with Gasteiger partial charge in [0.1, 0.15) is 0 Å². The summed E-state index contributed by atoms with van der Waals surface area (Å²) in [5, 5.41) is 0. The predicted octanol–water partition coefficient (Wildman–Crippen LogP) is 2.35. The van der Waals surface area contributed by atoms with E-state index < -0.39 is 0 Å². The molecule has 11 heavy (non-hydrogen) atoms. The summed E-state index contributed by atoms with van der Waals surface area (Å²) in [7, 11) is 0. The Hall–Kier alpha value is -1.18. The lowest BCUT2D eigenvalue weighted by Crippen LogP contribution is -1.80. The Morgan fingerprint density at radius 3 is 1.82 bits per heavy atom. The van der Waals surface area contributed by atoms with E-state index in [0.29, 0.717) is 6.79 Å². The molecule has 0 aromatic carbocycles. The zero-order chi connectivity index (χ0) is 8.10. The van der Waals surface area contributed by atoms with Crippen molar-refractivity contribution in [3.8, 4) is 0 Å². The highest BCUT2D eigenvalue weighted by atomic mass is 16.7. The minimum atomic E-state index is 0.333. The molecule has 1 heterocycles. The monoisotopic (exact) mass is 152 g/mol. The van der Waals surface area contributed by atoms with Gasteiger partial charge < -0.3 is 9.47 Å².